The van der Waals surface area contributed by atoms with E-state index in [1.807, 2.05) is 6.07 Å². The molecule has 7 nitrogen and oxygen atoms in total. The van der Waals surface area contributed by atoms with Crippen LogP contribution in [0.5, 0.6) is 0 Å². The maximum absolute atomic E-state index is 12.2. The topological polar surface area (TPSA) is 92.6 Å². The zero-order valence-electron chi connectivity index (χ0n) is 10.5. The normalized spacial score (nSPS) is 18.9. The molecule has 20 heavy (non-hydrogen) atoms. The van der Waals surface area contributed by atoms with Gasteiger partial charge < -0.3 is 5.32 Å². The lowest BCUT2D eigenvalue weighted by Crippen LogP contribution is -2.52. The summed E-state index contributed by atoms with van der Waals surface area (Å²) in [5.41, 5.74) is 1.06. The number of aromatic nitrogens is 2. The Bertz CT molecular complexity index is 706. The molecule has 1 aliphatic rings. The smallest absolute Gasteiger partial charge is 0.255 e. The van der Waals surface area contributed by atoms with Gasteiger partial charge in [-0.15, -0.1) is 0 Å². The zero-order chi connectivity index (χ0) is 14.1. The molecule has 1 aliphatic heterocycles. The first-order chi connectivity index (χ1) is 9.65. The van der Waals surface area contributed by atoms with Crippen molar-refractivity contribution in [2.24, 2.45) is 0 Å². The van der Waals surface area contributed by atoms with E-state index in [-0.39, 0.29) is 18.2 Å². The van der Waals surface area contributed by atoms with E-state index in [2.05, 4.69) is 15.7 Å². The van der Waals surface area contributed by atoms with Crippen molar-refractivity contribution in [2.45, 2.75) is 18.9 Å². The van der Waals surface area contributed by atoms with Gasteiger partial charge in [0.05, 0.1) is 17.3 Å². The van der Waals surface area contributed by atoms with Gasteiger partial charge in [-0.2, -0.15) is 5.10 Å². The van der Waals surface area contributed by atoms with Crippen LogP contribution in [0, 0.1) is 0 Å². The molecule has 2 N–H and O–H groups in total. The summed E-state index contributed by atoms with van der Waals surface area (Å²) < 4.78 is 1.58. The highest BCUT2D eigenvalue weighted by atomic mass is 16.2. The SMILES string of the molecule is O=C1CC[C@H](NC(=O)c2cnn3ccccc23)C(=O)N1. The molecule has 2 aromatic heterocycles. The van der Waals surface area contributed by atoms with E-state index < -0.39 is 11.9 Å². The van der Waals surface area contributed by atoms with E-state index in [9.17, 15) is 14.4 Å². The Morgan fingerprint density at radius 3 is 3.05 bits per heavy atom. The maximum Gasteiger partial charge on any atom is 0.255 e. The second-order valence-electron chi connectivity index (χ2n) is 4.57. The predicted octanol–water partition coefficient (Wildman–Crippen LogP) is -0.131. The largest absolute Gasteiger partial charge is 0.340 e. The third-order valence-corrected chi connectivity index (χ3v) is 3.22. The molecule has 7 heteroatoms. The summed E-state index contributed by atoms with van der Waals surface area (Å²) in [4.78, 5) is 34.8. The summed E-state index contributed by atoms with van der Waals surface area (Å²) in [5.74, 6) is -1.15. The number of imide groups is 1. The summed E-state index contributed by atoms with van der Waals surface area (Å²) in [6.45, 7) is 0. The Kier molecular flexibility index (Phi) is 2.94. The number of nitrogens with zero attached hydrogens (tertiary/aromatic N) is 2. The number of fused-ring (bicyclic) bond motifs is 1. The Morgan fingerprint density at radius 2 is 2.25 bits per heavy atom. The summed E-state index contributed by atoms with van der Waals surface area (Å²) in [6.07, 6.45) is 3.73. The van der Waals surface area contributed by atoms with E-state index in [0.29, 0.717) is 17.5 Å². The predicted molar refractivity (Wildman–Crippen MR) is 68.8 cm³/mol. The molecule has 2 aromatic rings. The molecule has 3 heterocycles. The highest BCUT2D eigenvalue weighted by Gasteiger charge is 2.28. The molecule has 1 fully saturated rings. The van der Waals surface area contributed by atoms with Gasteiger partial charge in [-0.3, -0.25) is 19.7 Å². The fourth-order valence-corrected chi connectivity index (χ4v) is 2.18. The number of piperidine rings is 1. The van der Waals surface area contributed by atoms with E-state index in [0.717, 1.165) is 0 Å². The van der Waals surface area contributed by atoms with Crippen LogP contribution < -0.4 is 10.6 Å². The van der Waals surface area contributed by atoms with Crippen LogP contribution in [0.4, 0.5) is 0 Å². The molecule has 0 saturated carbocycles. The summed E-state index contributed by atoms with van der Waals surface area (Å²) in [7, 11) is 0. The van der Waals surface area contributed by atoms with Crippen LogP contribution >= 0.6 is 0 Å². The van der Waals surface area contributed by atoms with Crippen molar-refractivity contribution in [1.82, 2.24) is 20.2 Å². The molecule has 102 valence electrons. The summed E-state index contributed by atoms with van der Waals surface area (Å²) in [6, 6.07) is 4.70. The van der Waals surface area contributed by atoms with Crippen molar-refractivity contribution < 1.29 is 14.4 Å². The molecule has 0 spiro atoms. The van der Waals surface area contributed by atoms with Crippen LogP contribution in [0.3, 0.4) is 0 Å². The minimum absolute atomic E-state index is 0.228. The van der Waals surface area contributed by atoms with Gasteiger partial charge in [-0.25, -0.2) is 4.52 Å². The van der Waals surface area contributed by atoms with Gasteiger partial charge in [0, 0.05) is 12.6 Å². The Labute approximate surface area is 114 Å². The first kappa shape index (κ1) is 12.3. The number of hydrogen-bond donors (Lipinski definition) is 2. The number of rotatable bonds is 2. The molecular weight excluding hydrogens is 260 g/mol. The number of nitrogens with one attached hydrogen (secondary N) is 2. The van der Waals surface area contributed by atoms with Crippen LogP contribution in [0.2, 0.25) is 0 Å². The van der Waals surface area contributed by atoms with Crippen molar-refractivity contribution in [3.05, 3.63) is 36.2 Å². The quantitative estimate of drug-likeness (QED) is 0.745. The summed E-state index contributed by atoms with van der Waals surface area (Å²) >= 11 is 0. The third-order valence-electron chi connectivity index (χ3n) is 3.22. The molecule has 0 bridgehead atoms. The lowest BCUT2D eigenvalue weighted by atomic mass is 10.1. The molecular formula is C13H12N4O3. The van der Waals surface area contributed by atoms with E-state index in [1.54, 1.807) is 22.8 Å². The first-order valence-electron chi connectivity index (χ1n) is 6.22. The second-order valence-corrected chi connectivity index (χ2v) is 4.57. The number of carbonyl (C=O) groups is 3. The van der Waals surface area contributed by atoms with E-state index in [4.69, 9.17) is 0 Å². The number of pyridine rings is 1. The van der Waals surface area contributed by atoms with Gasteiger partial charge in [-0.05, 0) is 18.6 Å². The Morgan fingerprint density at radius 1 is 1.40 bits per heavy atom. The van der Waals surface area contributed by atoms with Crippen molar-refractivity contribution in [1.29, 1.82) is 0 Å². The van der Waals surface area contributed by atoms with Crippen LogP contribution in [0.25, 0.3) is 5.52 Å². The molecule has 3 amide bonds. The van der Waals surface area contributed by atoms with Crippen molar-refractivity contribution >= 4 is 23.2 Å². The van der Waals surface area contributed by atoms with Gasteiger partial charge >= 0.3 is 0 Å². The number of amides is 3. The number of hydrogen-bond acceptors (Lipinski definition) is 4. The Balaban J connectivity index is 1.80. The van der Waals surface area contributed by atoms with E-state index >= 15 is 0 Å². The summed E-state index contributed by atoms with van der Waals surface area (Å²) in [5, 5.41) is 8.90. The van der Waals surface area contributed by atoms with E-state index in [1.165, 1.54) is 6.20 Å². The lowest BCUT2D eigenvalue weighted by Gasteiger charge is -2.21. The standard InChI is InChI=1S/C13H12N4O3/c18-11-5-4-9(13(20)16-11)15-12(19)8-7-14-17-6-2-1-3-10(8)17/h1-3,6-7,9H,4-5H2,(H,15,19)(H,16,18,20)/t9-/m0/s1. The van der Waals surface area contributed by atoms with Crippen LogP contribution in [-0.4, -0.2) is 33.4 Å². The zero-order valence-corrected chi connectivity index (χ0v) is 10.5. The highest BCUT2D eigenvalue weighted by Crippen LogP contribution is 2.11. The van der Waals surface area contributed by atoms with Gasteiger partial charge in [0.2, 0.25) is 11.8 Å². The molecule has 0 aliphatic carbocycles. The van der Waals surface area contributed by atoms with Gasteiger partial charge in [-0.1, -0.05) is 6.07 Å². The highest BCUT2D eigenvalue weighted by molar-refractivity contribution is 6.05. The average molecular weight is 272 g/mol. The van der Waals surface area contributed by atoms with Crippen LogP contribution in [0.15, 0.2) is 30.6 Å². The monoisotopic (exact) mass is 272 g/mol. The first-order valence-corrected chi connectivity index (χ1v) is 6.22. The van der Waals surface area contributed by atoms with Gasteiger partial charge in [0.1, 0.15) is 6.04 Å². The fraction of sp³-hybridized carbons (Fsp3) is 0.231. The minimum Gasteiger partial charge on any atom is -0.340 e. The van der Waals surface area contributed by atoms with Crippen LogP contribution in [0.1, 0.15) is 23.2 Å². The van der Waals surface area contributed by atoms with Crippen molar-refractivity contribution in [3.8, 4) is 0 Å². The average Bonchev–Trinajstić information content (AvgIpc) is 2.86. The molecule has 0 unspecified atom stereocenters. The van der Waals surface area contributed by atoms with Crippen LogP contribution in [-0.2, 0) is 9.59 Å². The maximum atomic E-state index is 12.2. The van der Waals surface area contributed by atoms with Gasteiger partial charge in [0.25, 0.3) is 5.91 Å². The molecule has 3 rings (SSSR count). The minimum atomic E-state index is -0.682. The molecule has 1 atom stereocenters. The third kappa shape index (κ3) is 2.13. The van der Waals surface area contributed by atoms with Crippen molar-refractivity contribution in [3.63, 3.8) is 0 Å². The fourth-order valence-electron chi connectivity index (χ4n) is 2.18. The molecule has 0 aromatic carbocycles. The van der Waals surface area contributed by atoms with Gasteiger partial charge in [0.15, 0.2) is 0 Å². The second kappa shape index (κ2) is 4.76. The van der Waals surface area contributed by atoms with Crippen molar-refractivity contribution in [2.75, 3.05) is 0 Å². The lowest BCUT2D eigenvalue weighted by molar-refractivity contribution is -0.134. The number of carbonyl (C=O) groups excluding carboxylic acids is 3. The Hall–Kier alpha value is -2.70. The molecule has 0 radical (unpaired) electrons. The molecule has 1 saturated heterocycles.